The van der Waals surface area contributed by atoms with Crippen molar-refractivity contribution in [3.05, 3.63) is 58.8 Å². The Labute approximate surface area is 208 Å². The van der Waals surface area contributed by atoms with Crippen LogP contribution in [-0.4, -0.2) is 57.6 Å². The lowest BCUT2D eigenvalue weighted by Crippen LogP contribution is -2.36. The fraction of sp³-hybridized carbons (Fsp3) is 0.333. The molecule has 0 saturated heterocycles. The Morgan fingerprint density at radius 2 is 1.78 bits per heavy atom. The van der Waals surface area contributed by atoms with E-state index < -0.39 is 12.1 Å². The summed E-state index contributed by atoms with van der Waals surface area (Å²) in [5.41, 5.74) is 4.73. The molecule has 6 rings (SSSR count). The van der Waals surface area contributed by atoms with Crippen molar-refractivity contribution in [2.24, 2.45) is 0 Å². The number of methoxy groups -OCH3 is 3. The Kier molecular flexibility index (Phi) is 5.37. The van der Waals surface area contributed by atoms with E-state index in [1.54, 1.807) is 26.5 Å². The van der Waals surface area contributed by atoms with E-state index in [-0.39, 0.29) is 12.8 Å². The number of aromatic nitrogens is 1. The number of ether oxygens (including phenoxy) is 6. The maximum Gasteiger partial charge on any atom is 0.343 e. The van der Waals surface area contributed by atoms with E-state index in [0.29, 0.717) is 34.3 Å². The van der Waals surface area contributed by atoms with Crippen LogP contribution in [0.1, 0.15) is 39.2 Å². The Bertz CT molecular complexity index is 1360. The molecule has 9 nitrogen and oxygen atoms in total. The summed E-state index contributed by atoms with van der Waals surface area (Å²) in [7, 11) is 6.69. The average molecular weight is 491 g/mol. The van der Waals surface area contributed by atoms with Crippen LogP contribution >= 0.6 is 0 Å². The van der Waals surface area contributed by atoms with Crippen LogP contribution < -0.4 is 23.7 Å². The van der Waals surface area contributed by atoms with Crippen molar-refractivity contribution < 1.29 is 33.2 Å². The Hall–Kier alpha value is -3.98. The molecule has 0 fully saturated rings. The number of esters is 1. The molecule has 36 heavy (non-hydrogen) atoms. The molecule has 3 aliphatic rings. The van der Waals surface area contributed by atoms with Crippen LogP contribution in [0, 0.1) is 0 Å². The van der Waals surface area contributed by atoms with Gasteiger partial charge < -0.3 is 28.4 Å². The number of cyclic esters (lactones) is 1. The van der Waals surface area contributed by atoms with Gasteiger partial charge >= 0.3 is 5.97 Å². The summed E-state index contributed by atoms with van der Waals surface area (Å²) in [5.74, 6) is 2.14. The van der Waals surface area contributed by atoms with Gasteiger partial charge in [0.15, 0.2) is 23.0 Å². The number of hydrogen-bond donors (Lipinski definition) is 0. The van der Waals surface area contributed by atoms with Crippen LogP contribution in [0.15, 0.2) is 36.5 Å². The molecule has 0 N–H and O–H groups in total. The van der Waals surface area contributed by atoms with Crippen LogP contribution in [0.3, 0.4) is 0 Å². The van der Waals surface area contributed by atoms with E-state index in [0.717, 1.165) is 40.9 Å². The minimum Gasteiger partial charge on any atom is -0.493 e. The van der Waals surface area contributed by atoms with Crippen LogP contribution in [-0.2, 0) is 11.2 Å². The number of fused-ring (bicyclic) bond motifs is 3. The highest BCUT2D eigenvalue weighted by Crippen LogP contribution is 2.58. The van der Waals surface area contributed by atoms with Crippen molar-refractivity contribution >= 4 is 5.97 Å². The van der Waals surface area contributed by atoms with Gasteiger partial charge in [-0.05, 0) is 37.2 Å². The molecule has 186 valence electrons. The average Bonchev–Trinajstić information content (AvgIpc) is 3.52. The van der Waals surface area contributed by atoms with Crippen LogP contribution in [0.5, 0.6) is 28.7 Å². The monoisotopic (exact) mass is 490 g/mol. The van der Waals surface area contributed by atoms with Gasteiger partial charge in [0.25, 0.3) is 0 Å². The molecule has 2 aromatic carbocycles. The van der Waals surface area contributed by atoms with Gasteiger partial charge in [0, 0.05) is 23.9 Å². The molecule has 4 heterocycles. The summed E-state index contributed by atoms with van der Waals surface area (Å²) in [6.45, 7) is 0.824. The van der Waals surface area contributed by atoms with E-state index in [1.807, 2.05) is 31.3 Å². The number of hydrogen-bond acceptors (Lipinski definition) is 9. The lowest BCUT2D eigenvalue weighted by molar-refractivity contribution is 0.00877. The largest absolute Gasteiger partial charge is 0.493 e. The first-order valence-electron chi connectivity index (χ1n) is 11.7. The molecule has 0 aliphatic carbocycles. The molecule has 3 aliphatic heterocycles. The minimum atomic E-state index is -0.595. The third-order valence-corrected chi connectivity index (χ3v) is 7.14. The van der Waals surface area contributed by atoms with Crippen molar-refractivity contribution in [2.75, 3.05) is 41.7 Å². The number of likely N-dealkylation sites (N-methyl/N-ethyl adjacent to an activating group) is 1. The molecule has 1 aromatic heterocycles. The van der Waals surface area contributed by atoms with Crippen molar-refractivity contribution in [1.82, 2.24) is 9.88 Å². The predicted octanol–water partition coefficient (Wildman–Crippen LogP) is 3.94. The molecule has 0 bridgehead atoms. The number of pyridine rings is 1. The second-order valence-electron chi connectivity index (χ2n) is 8.85. The van der Waals surface area contributed by atoms with Gasteiger partial charge in [-0.2, -0.15) is 0 Å². The van der Waals surface area contributed by atoms with E-state index in [9.17, 15) is 4.79 Å². The number of carbonyl (C=O) groups excluding carboxylic acids is 1. The van der Waals surface area contributed by atoms with Gasteiger partial charge in [-0.3, -0.25) is 9.88 Å². The topological polar surface area (TPSA) is 88.6 Å². The zero-order chi connectivity index (χ0) is 25.0. The Balaban J connectivity index is 1.60. The van der Waals surface area contributed by atoms with Gasteiger partial charge in [-0.15, -0.1) is 0 Å². The van der Waals surface area contributed by atoms with Gasteiger partial charge in [0.05, 0.1) is 38.6 Å². The molecule has 0 amide bonds. The maximum absolute atomic E-state index is 13.2. The fourth-order valence-electron chi connectivity index (χ4n) is 5.61. The summed E-state index contributed by atoms with van der Waals surface area (Å²) in [6.07, 6.45) is 1.90. The highest BCUT2D eigenvalue weighted by atomic mass is 16.7. The van der Waals surface area contributed by atoms with Crippen molar-refractivity contribution in [3.8, 4) is 40.0 Å². The predicted molar refractivity (Wildman–Crippen MR) is 129 cm³/mol. The first-order chi connectivity index (χ1) is 17.6. The third-order valence-electron chi connectivity index (χ3n) is 7.14. The second kappa shape index (κ2) is 8.60. The van der Waals surface area contributed by atoms with Crippen molar-refractivity contribution in [3.63, 3.8) is 0 Å². The molecule has 0 spiro atoms. The molecular weight excluding hydrogens is 464 g/mol. The molecule has 2 atom stereocenters. The summed E-state index contributed by atoms with van der Waals surface area (Å²) in [5, 5.41) is 0. The van der Waals surface area contributed by atoms with E-state index >= 15 is 0 Å². The molecular formula is C27H26N2O7. The SMILES string of the molecule is COc1ccc2c(c1OC)C(=O)O[C@@H]2[C@H]1c2c(c(-c3ccccn3)c3c(c2OC)OCO3)CCN1C. The van der Waals surface area contributed by atoms with Crippen LogP contribution in [0.2, 0.25) is 0 Å². The molecule has 0 unspecified atom stereocenters. The van der Waals surface area contributed by atoms with E-state index in [2.05, 4.69) is 9.88 Å². The van der Waals surface area contributed by atoms with Gasteiger partial charge in [0.2, 0.25) is 12.5 Å². The Morgan fingerprint density at radius 1 is 0.972 bits per heavy atom. The lowest BCUT2D eigenvalue weighted by Gasteiger charge is -2.39. The summed E-state index contributed by atoms with van der Waals surface area (Å²) >= 11 is 0. The smallest absolute Gasteiger partial charge is 0.343 e. The Morgan fingerprint density at radius 3 is 2.50 bits per heavy atom. The molecule has 0 saturated carbocycles. The van der Waals surface area contributed by atoms with E-state index in [1.165, 1.54) is 7.11 Å². The van der Waals surface area contributed by atoms with Gasteiger partial charge in [-0.25, -0.2) is 4.79 Å². The molecule has 9 heteroatoms. The summed E-state index contributed by atoms with van der Waals surface area (Å²) in [4.78, 5) is 19.9. The van der Waals surface area contributed by atoms with Gasteiger partial charge in [-0.1, -0.05) is 12.1 Å². The van der Waals surface area contributed by atoms with Crippen LogP contribution in [0.4, 0.5) is 0 Å². The normalized spacial score (nSPS) is 19.9. The number of nitrogens with zero attached hydrogens (tertiary/aromatic N) is 2. The first kappa shape index (κ1) is 22.5. The molecule has 3 aromatic rings. The lowest BCUT2D eigenvalue weighted by atomic mass is 9.82. The van der Waals surface area contributed by atoms with Crippen LogP contribution in [0.25, 0.3) is 11.3 Å². The fourth-order valence-corrected chi connectivity index (χ4v) is 5.61. The molecule has 0 radical (unpaired) electrons. The highest BCUT2D eigenvalue weighted by molar-refractivity contribution is 5.98. The third kappa shape index (κ3) is 3.12. The second-order valence-corrected chi connectivity index (χ2v) is 8.85. The van der Waals surface area contributed by atoms with E-state index in [4.69, 9.17) is 28.4 Å². The van der Waals surface area contributed by atoms with Crippen molar-refractivity contribution in [2.45, 2.75) is 18.6 Å². The maximum atomic E-state index is 13.2. The standard InChI is InChI=1S/C27H26N2O7/c1-29-12-10-14-18(16-7-5-6-11-28-16)25-26(35-13-34-25)24(33-4)19(14)21(29)22-15-8-9-17(31-2)23(32-3)20(15)27(30)36-22/h5-9,11,21-22H,10,12-13H2,1-4H3/t21-,22+/m1/s1. The highest BCUT2D eigenvalue weighted by Gasteiger charge is 2.47. The number of carbonyl (C=O) groups is 1. The summed E-state index contributed by atoms with van der Waals surface area (Å²) < 4.78 is 34.8. The minimum absolute atomic E-state index is 0.0904. The number of rotatable bonds is 5. The number of benzene rings is 2. The van der Waals surface area contributed by atoms with Crippen molar-refractivity contribution in [1.29, 1.82) is 0 Å². The zero-order valence-electron chi connectivity index (χ0n) is 20.5. The quantitative estimate of drug-likeness (QED) is 0.494. The van der Waals surface area contributed by atoms with Gasteiger partial charge in [0.1, 0.15) is 11.7 Å². The summed E-state index contributed by atoms with van der Waals surface area (Å²) in [6, 6.07) is 9.11. The first-order valence-corrected chi connectivity index (χ1v) is 11.7. The zero-order valence-corrected chi connectivity index (χ0v) is 20.5.